The highest BCUT2D eigenvalue weighted by Crippen LogP contribution is 2.30. The second kappa shape index (κ2) is 9.09. The summed E-state index contributed by atoms with van der Waals surface area (Å²) in [5.74, 6) is 0.527. The molecule has 3 aromatic carbocycles. The van der Waals surface area contributed by atoms with Gasteiger partial charge in [-0.25, -0.2) is 0 Å². The van der Waals surface area contributed by atoms with Gasteiger partial charge in [0.05, 0.1) is 7.11 Å². The molecule has 0 aliphatic carbocycles. The molecular formula is C25H26N2O3. The predicted molar refractivity (Wildman–Crippen MR) is 118 cm³/mol. The molecule has 0 aromatic heterocycles. The fraction of sp³-hybridized carbons (Fsp3) is 0.280. The highest BCUT2D eigenvalue weighted by molar-refractivity contribution is 6.25. The molecule has 0 radical (unpaired) electrons. The van der Waals surface area contributed by atoms with Crippen LogP contribution in [0.2, 0.25) is 0 Å². The summed E-state index contributed by atoms with van der Waals surface area (Å²) in [7, 11) is 1.68. The van der Waals surface area contributed by atoms with E-state index in [1.54, 1.807) is 7.11 Å². The van der Waals surface area contributed by atoms with Gasteiger partial charge in [-0.3, -0.25) is 14.5 Å². The van der Waals surface area contributed by atoms with Gasteiger partial charge in [-0.15, -0.1) is 0 Å². The van der Waals surface area contributed by atoms with Crippen molar-refractivity contribution in [3.63, 3.8) is 0 Å². The molecule has 154 valence electrons. The highest BCUT2D eigenvalue weighted by Gasteiger charge is 2.31. The number of amides is 2. The van der Waals surface area contributed by atoms with Gasteiger partial charge in [-0.2, -0.15) is 0 Å². The van der Waals surface area contributed by atoms with Gasteiger partial charge >= 0.3 is 0 Å². The standard InChI is InChI=1S/C25H26N2O3/c1-30-22-14-4-3-9-19(22)17-26-15-5-2-6-16-27-24(28)20-12-7-10-18-11-8-13-21(23(18)20)25(27)29/h3-4,7-14,26H,2,5-6,15-17H2,1H3. The maximum atomic E-state index is 12.9. The first kappa shape index (κ1) is 20.1. The summed E-state index contributed by atoms with van der Waals surface area (Å²) in [6, 6.07) is 19.2. The van der Waals surface area contributed by atoms with Gasteiger partial charge in [-0.1, -0.05) is 48.9 Å². The van der Waals surface area contributed by atoms with Crippen molar-refractivity contribution in [3.05, 3.63) is 77.4 Å². The normalized spacial score (nSPS) is 13.2. The molecule has 0 fully saturated rings. The third kappa shape index (κ3) is 3.94. The lowest BCUT2D eigenvalue weighted by atomic mass is 9.94. The van der Waals surface area contributed by atoms with Gasteiger partial charge in [0, 0.05) is 35.2 Å². The zero-order chi connectivity index (χ0) is 20.9. The molecule has 5 heteroatoms. The first-order valence-corrected chi connectivity index (χ1v) is 10.4. The average molecular weight is 402 g/mol. The zero-order valence-corrected chi connectivity index (χ0v) is 17.2. The number of para-hydroxylation sites is 1. The summed E-state index contributed by atoms with van der Waals surface area (Å²) in [5, 5.41) is 5.15. The molecule has 0 saturated carbocycles. The third-order valence-electron chi connectivity index (χ3n) is 5.60. The van der Waals surface area contributed by atoms with Crippen LogP contribution in [-0.2, 0) is 6.54 Å². The van der Waals surface area contributed by atoms with Crippen LogP contribution in [0.3, 0.4) is 0 Å². The lowest BCUT2D eigenvalue weighted by molar-refractivity contribution is 0.0608. The number of hydrogen-bond donors (Lipinski definition) is 1. The van der Waals surface area contributed by atoms with E-state index in [2.05, 4.69) is 11.4 Å². The third-order valence-corrected chi connectivity index (χ3v) is 5.60. The van der Waals surface area contributed by atoms with E-state index in [0.717, 1.165) is 54.4 Å². The number of hydrogen-bond acceptors (Lipinski definition) is 4. The Kier molecular flexibility index (Phi) is 6.10. The van der Waals surface area contributed by atoms with Crippen molar-refractivity contribution < 1.29 is 14.3 Å². The number of benzene rings is 3. The molecule has 1 N–H and O–H groups in total. The van der Waals surface area contributed by atoms with Gasteiger partial charge in [0.1, 0.15) is 5.75 Å². The van der Waals surface area contributed by atoms with Crippen LogP contribution in [0.4, 0.5) is 0 Å². The molecule has 5 nitrogen and oxygen atoms in total. The summed E-state index contributed by atoms with van der Waals surface area (Å²) in [6.07, 6.45) is 2.73. The van der Waals surface area contributed by atoms with E-state index in [1.165, 1.54) is 4.90 Å². The largest absolute Gasteiger partial charge is 0.496 e. The van der Waals surface area contributed by atoms with E-state index in [4.69, 9.17) is 4.74 Å². The van der Waals surface area contributed by atoms with E-state index in [1.807, 2.05) is 54.6 Å². The SMILES string of the molecule is COc1ccccc1CNCCCCCN1C(=O)c2cccc3cccc(c23)C1=O. The minimum Gasteiger partial charge on any atom is -0.496 e. The molecule has 0 unspecified atom stereocenters. The van der Waals surface area contributed by atoms with E-state index in [0.29, 0.717) is 17.7 Å². The van der Waals surface area contributed by atoms with Crippen LogP contribution in [0.15, 0.2) is 60.7 Å². The number of nitrogens with one attached hydrogen (secondary N) is 1. The van der Waals surface area contributed by atoms with Gasteiger partial charge in [0.15, 0.2) is 0 Å². The predicted octanol–water partition coefficient (Wildman–Crippen LogP) is 4.40. The molecule has 30 heavy (non-hydrogen) atoms. The van der Waals surface area contributed by atoms with Crippen molar-refractivity contribution in [3.8, 4) is 5.75 Å². The molecule has 4 rings (SSSR count). The molecule has 0 saturated heterocycles. The molecule has 3 aromatic rings. The Hall–Kier alpha value is -3.18. The van der Waals surface area contributed by atoms with Crippen LogP contribution >= 0.6 is 0 Å². The van der Waals surface area contributed by atoms with Crippen LogP contribution < -0.4 is 10.1 Å². The summed E-state index contributed by atoms with van der Waals surface area (Å²) in [5.41, 5.74) is 2.39. The van der Waals surface area contributed by atoms with Crippen molar-refractivity contribution >= 4 is 22.6 Å². The van der Waals surface area contributed by atoms with Gasteiger partial charge in [-0.05, 0) is 43.0 Å². The highest BCUT2D eigenvalue weighted by atomic mass is 16.5. The minimum absolute atomic E-state index is 0.182. The molecule has 1 aliphatic heterocycles. The van der Waals surface area contributed by atoms with Crippen LogP contribution in [0.5, 0.6) is 5.75 Å². The number of unbranched alkanes of at least 4 members (excludes halogenated alkanes) is 2. The Balaban J connectivity index is 1.27. The lowest BCUT2D eigenvalue weighted by Gasteiger charge is -2.27. The maximum absolute atomic E-state index is 12.9. The number of carbonyl (C=O) groups excluding carboxylic acids is 2. The van der Waals surface area contributed by atoms with Crippen molar-refractivity contribution in [2.45, 2.75) is 25.8 Å². The Morgan fingerprint density at radius 2 is 1.53 bits per heavy atom. The molecule has 0 atom stereocenters. The monoisotopic (exact) mass is 402 g/mol. The van der Waals surface area contributed by atoms with Crippen molar-refractivity contribution in [2.24, 2.45) is 0 Å². The van der Waals surface area contributed by atoms with Gasteiger partial charge < -0.3 is 10.1 Å². The van der Waals surface area contributed by atoms with E-state index >= 15 is 0 Å². The van der Waals surface area contributed by atoms with Crippen LogP contribution in [-0.4, -0.2) is 36.9 Å². The van der Waals surface area contributed by atoms with E-state index < -0.39 is 0 Å². The smallest absolute Gasteiger partial charge is 0.261 e. The van der Waals surface area contributed by atoms with Crippen molar-refractivity contribution in [1.29, 1.82) is 0 Å². The van der Waals surface area contributed by atoms with Crippen molar-refractivity contribution in [1.82, 2.24) is 10.2 Å². The number of carbonyl (C=O) groups is 2. The first-order valence-electron chi connectivity index (χ1n) is 10.4. The second-order valence-corrected chi connectivity index (χ2v) is 7.52. The van der Waals surface area contributed by atoms with Crippen molar-refractivity contribution in [2.75, 3.05) is 20.2 Å². The zero-order valence-electron chi connectivity index (χ0n) is 17.2. The molecule has 0 spiro atoms. The van der Waals surface area contributed by atoms with E-state index in [9.17, 15) is 9.59 Å². The van der Waals surface area contributed by atoms with Crippen LogP contribution in [0.25, 0.3) is 10.8 Å². The number of rotatable bonds is 9. The topological polar surface area (TPSA) is 58.6 Å². The molecule has 1 aliphatic rings. The van der Waals surface area contributed by atoms with Crippen LogP contribution in [0.1, 0.15) is 45.5 Å². The minimum atomic E-state index is -0.182. The quantitative estimate of drug-likeness (QED) is 0.426. The van der Waals surface area contributed by atoms with Crippen LogP contribution in [0, 0.1) is 0 Å². The number of nitrogens with zero attached hydrogens (tertiary/aromatic N) is 1. The Labute approximate surface area is 176 Å². The fourth-order valence-corrected chi connectivity index (χ4v) is 4.05. The summed E-state index contributed by atoms with van der Waals surface area (Å²) >= 11 is 0. The Bertz CT molecular complexity index is 1030. The summed E-state index contributed by atoms with van der Waals surface area (Å²) in [6.45, 7) is 2.09. The second-order valence-electron chi connectivity index (χ2n) is 7.52. The number of ether oxygens (including phenoxy) is 1. The number of imide groups is 1. The fourth-order valence-electron chi connectivity index (χ4n) is 4.05. The average Bonchev–Trinajstić information content (AvgIpc) is 2.78. The lowest BCUT2D eigenvalue weighted by Crippen LogP contribution is -2.40. The van der Waals surface area contributed by atoms with E-state index in [-0.39, 0.29) is 11.8 Å². The number of methoxy groups -OCH3 is 1. The first-order chi connectivity index (χ1) is 14.7. The maximum Gasteiger partial charge on any atom is 0.261 e. The molecular weight excluding hydrogens is 376 g/mol. The molecule has 2 amide bonds. The Morgan fingerprint density at radius 1 is 0.833 bits per heavy atom. The summed E-state index contributed by atoms with van der Waals surface area (Å²) in [4.78, 5) is 27.2. The summed E-state index contributed by atoms with van der Waals surface area (Å²) < 4.78 is 5.36. The molecule has 1 heterocycles. The molecule has 0 bridgehead atoms. The Morgan fingerprint density at radius 3 is 2.23 bits per heavy atom. The van der Waals surface area contributed by atoms with Gasteiger partial charge in [0.25, 0.3) is 11.8 Å². The van der Waals surface area contributed by atoms with Gasteiger partial charge in [0.2, 0.25) is 0 Å².